The van der Waals surface area contributed by atoms with Crippen LogP contribution in [-0.2, 0) is 21.4 Å². The fourth-order valence-electron chi connectivity index (χ4n) is 5.26. The van der Waals surface area contributed by atoms with Gasteiger partial charge in [-0.2, -0.15) is 0 Å². The predicted molar refractivity (Wildman–Crippen MR) is 155 cm³/mol. The van der Waals surface area contributed by atoms with Gasteiger partial charge in [0.15, 0.2) is 0 Å². The fourth-order valence-corrected chi connectivity index (χ4v) is 5.26. The van der Waals surface area contributed by atoms with Gasteiger partial charge < -0.3 is 9.84 Å². The average Bonchev–Trinajstić information content (AvgIpc) is 2.93. The largest absolute Gasteiger partial charge is 0.469 e. The monoisotopic (exact) mass is 516 g/mol. The van der Waals surface area contributed by atoms with Crippen LogP contribution in [0.4, 0.5) is 4.39 Å². The smallest absolute Gasteiger partial charge is 0.309 e. The van der Waals surface area contributed by atoms with Gasteiger partial charge in [0.25, 0.3) is 0 Å². The SMILES string of the molecule is CCC(O)(C=Cc1ccc(C(CC)(CC)c2ccc(-c3cc(F)cc(CC(=O)OC)c3)cc2)cc1C)CC. The Bertz CT molecular complexity index is 1270. The molecule has 202 valence electrons. The maximum absolute atomic E-state index is 14.3. The fraction of sp³-hybridized carbons (Fsp3) is 0.382. The third-order valence-electron chi connectivity index (χ3n) is 8.13. The summed E-state index contributed by atoms with van der Waals surface area (Å²) in [4.78, 5) is 11.7. The van der Waals surface area contributed by atoms with E-state index in [0.717, 1.165) is 29.5 Å². The molecule has 1 N–H and O–H groups in total. The van der Waals surface area contributed by atoms with Crippen molar-refractivity contribution in [2.45, 2.75) is 77.7 Å². The van der Waals surface area contributed by atoms with E-state index in [1.807, 2.05) is 44.2 Å². The first-order valence-corrected chi connectivity index (χ1v) is 13.6. The molecule has 0 bridgehead atoms. The number of aliphatic hydroxyl groups is 1. The van der Waals surface area contributed by atoms with Crippen molar-refractivity contribution in [3.8, 4) is 11.1 Å². The van der Waals surface area contributed by atoms with E-state index in [1.54, 1.807) is 0 Å². The van der Waals surface area contributed by atoms with Crippen molar-refractivity contribution in [3.05, 3.63) is 100 Å². The summed E-state index contributed by atoms with van der Waals surface area (Å²) < 4.78 is 19.1. The van der Waals surface area contributed by atoms with E-state index >= 15 is 0 Å². The summed E-state index contributed by atoms with van der Waals surface area (Å²) in [5, 5.41) is 10.6. The Hall–Kier alpha value is -3.24. The molecule has 0 aliphatic carbocycles. The molecule has 0 saturated heterocycles. The van der Waals surface area contributed by atoms with Crippen molar-refractivity contribution >= 4 is 12.0 Å². The van der Waals surface area contributed by atoms with Crippen LogP contribution in [0.2, 0.25) is 0 Å². The average molecular weight is 517 g/mol. The summed E-state index contributed by atoms with van der Waals surface area (Å²) in [7, 11) is 1.33. The lowest BCUT2D eigenvalue weighted by atomic mass is 9.70. The van der Waals surface area contributed by atoms with Crippen LogP contribution >= 0.6 is 0 Å². The number of hydrogen-bond acceptors (Lipinski definition) is 3. The molecule has 0 aliphatic rings. The number of carbonyl (C=O) groups excluding carboxylic acids is 1. The van der Waals surface area contributed by atoms with Crippen molar-refractivity contribution in [1.82, 2.24) is 0 Å². The summed E-state index contributed by atoms with van der Waals surface area (Å²) in [6.45, 7) is 10.6. The highest BCUT2D eigenvalue weighted by molar-refractivity contribution is 5.74. The Morgan fingerprint density at radius 3 is 2.05 bits per heavy atom. The molecule has 0 heterocycles. The molecule has 0 aliphatic heterocycles. The van der Waals surface area contributed by atoms with E-state index in [1.165, 1.54) is 35.9 Å². The molecule has 0 unspecified atom stereocenters. The number of ether oxygens (including phenoxy) is 1. The Morgan fingerprint density at radius 2 is 1.50 bits per heavy atom. The minimum Gasteiger partial charge on any atom is -0.469 e. The molecule has 3 aromatic carbocycles. The predicted octanol–water partition coefficient (Wildman–Crippen LogP) is 8.19. The van der Waals surface area contributed by atoms with Crippen molar-refractivity contribution in [1.29, 1.82) is 0 Å². The van der Waals surface area contributed by atoms with E-state index in [9.17, 15) is 14.3 Å². The Balaban J connectivity index is 1.95. The number of methoxy groups -OCH3 is 1. The van der Waals surface area contributed by atoms with Crippen LogP contribution in [0.3, 0.4) is 0 Å². The van der Waals surface area contributed by atoms with E-state index in [-0.39, 0.29) is 17.7 Å². The zero-order valence-corrected chi connectivity index (χ0v) is 23.6. The quantitative estimate of drug-likeness (QED) is 0.261. The van der Waals surface area contributed by atoms with Crippen LogP contribution in [0, 0.1) is 12.7 Å². The number of hydrogen-bond donors (Lipinski definition) is 1. The Morgan fingerprint density at radius 1 is 0.868 bits per heavy atom. The highest BCUT2D eigenvalue weighted by Crippen LogP contribution is 2.40. The van der Waals surface area contributed by atoms with E-state index in [2.05, 4.69) is 51.1 Å². The minimum atomic E-state index is -0.773. The van der Waals surface area contributed by atoms with Crippen molar-refractivity contribution in [2.24, 2.45) is 0 Å². The lowest BCUT2D eigenvalue weighted by Gasteiger charge is -2.34. The molecular formula is C34H41FO3. The van der Waals surface area contributed by atoms with Gasteiger partial charge in [0.1, 0.15) is 5.82 Å². The standard InChI is InChI=1S/C34H41FO3/c1-7-33(37,8-2)18-17-26-11-16-30(19-24(26)5)34(9-3,10-4)29-14-12-27(13-15-29)28-20-25(21-31(35)23-28)22-32(36)38-6/h11-21,23,37H,7-10,22H2,1-6H3. The molecule has 3 nitrogen and oxygen atoms in total. The topological polar surface area (TPSA) is 46.5 Å². The maximum Gasteiger partial charge on any atom is 0.309 e. The second-order valence-corrected chi connectivity index (χ2v) is 10.2. The molecule has 0 fully saturated rings. The first kappa shape index (κ1) is 29.3. The number of halogens is 1. The summed E-state index contributed by atoms with van der Waals surface area (Å²) in [5.74, 6) is -0.765. The summed E-state index contributed by atoms with van der Waals surface area (Å²) in [6.07, 6.45) is 7.24. The molecule has 38 heavy (non-hydrogen) atoms. The number of aryl methyl sites for hydroxylation is 1. The number of carbonyl (C=O) groups is 1. The summed E-state index contributed by atoms with van der Waals surface area (Å²) in [6, 6.07) is 19.7. The number of esters is 1. The van der Waals surface area contributed by atoms with Gasteiger partial charge in [-0.1, -0.05) is 88.4 Å². The zero-order chi connectivity index (χ0) is 27.9. The summed E-state index contributed by atoms with van der Waals surface area (Å²) >= 11 is 0. The minimum absolute atomic E-state index is 0.0365. The highest BCUT2D eigenvalue weighted by atomic mass is 19.1. The van der Waals surface area contributed by atoms with E-state index in [0.29, 0.717) is 18.4 Å². The van der Waals surface area contributed by atoms with Crippen molar-refractivity contribution < 1.29 is 19.0 Å². The van der Waals surface area contributed by atoms with Crippen LogP contribution in [0.15, 0.2) is 66.7 Å². The van der Waals surface area contributed by atoms with Crippen molar-refractivity contribution in [3.63, 3.8) is 0 Å². The molecule has 3 aromatic rings. The van der Waals surface area contributed by atoms with Crippen LogP contribution in [0.5, 0.6) is 0 Å². The second-order valence-electron chi connectivity index (χ2n) is 10.2. The van der Waals surface area contributed by atoms with Gasteiger partial charge in [-0.25, -0.2) is 4.39 Å². The molecule has 0 aromatic heterocycles. The maximum atomic E-state index is 14.3. The normalized spacial score (nSPS) is 12.2. The van der Waals surface area contributed by atoms with Gasteiger partial charge in [0.05, 0.1) is 19.1 Å². The lowest BCUT2D eigenvalue weighted by molar-refractivity contribution is -0.139. The van der Waals surface area contributed by atoms with Crippen molar-refractivity contribution in [2.75, 3.05) is 7.11 Å². The summed E-state index contributed by atoms with van der Waals surface area (Å²) in [5.41, 5.74) is 6.06. The van der Waals surface area contributed by atoms with Gasteiger partial charge in [0.2, 0.25) is 0 Å². The zero-order valence-electron chi connectivity index (χ0n) is 23.6. The molecule has 4 heteroatoms. The molecule has 0 saturated carbocycles. The van der Waals surface area contributed by atoms with E-state index in [4.69, 9.17) is 4.74 Å². The van der Waals surface area contributed by atoms with Crippen LogP contribution in [0.1, 0.15) is 81.2 Å². The van der Waals surface area contributed by atoms with Gasteiger partial charge in [-0.15, -0.1) is 0 Å². The molecular weight excluding hydrogens is 475 g/mol. The number of rotatable bonds is 11. The Kier molecular flexibility index (Phi) is 9.67. The van der Waals surface area contributed by atoms with Crippen LogP contribution < -0.4 is 0 Å². The first-order valence-electron chi connectivity index (χ1n) is 13.6. The van der Waals surface area contributed by atoms with E-state index < -0.39 is 11.6 Å². The highest BCUT2D eigenvalue weighted by Gasteiger charge is 2.31. The molecule has 0 atom stereocenters. The molecule has 0 amide bonds. The van der Waals surface area contributed by atoms with Crippen LogP contribution in [-0.4, -0.2) is 23.8 Å². The molecule has 3 rings (SSSR count). The van der Waals surface area contributed by atoms with Gasteiger partial charge in [-0.05, 0) is 83.7 Å². The number of benzene rings is 3. The van der Waals surface area contributed by atoms with Crippen LogP contribution in [0.25, 0.3) is 17.2 Å². The lowest BCUT2D eigenvalue weighted by Crippen LogP contribution is -2.26. The Labute approximate surface area is 227 Å². The van der Waals surface area contributed by atoms with Gasteiger partial charge in [0, 0.05) is 5.41 Å². The third-order valence-corrected chi connectivity index (χ3v) is 8.13. The van der Waals surface area contributed by atoms with Gasteiger partial charge >= 0.3 is 5.97 Å². The third kappa shape index (κ3) is 6.42. The molecule has 0 radical (unpaired) electrons. The second kappa shape index (κ2) is 12.5. The first-order chi connectivity index (χ1) is 18.1. The molecule has 0 spiro atoms. The van der Waals surface area contributed by atoms with Gasteiger partial charge in [-0.3, -0.25) is 4.79 Å².